The molecule has 1 aromatic carbocycles. The van der Waals surface area contributed by atoms with Gasteiger partial charge in [0.15, 0.2) is 0 Å². The molecule has 0 aliphatic heterocycles. The maximum Gasteiger partial charge on any atom is 0.386 e. The molecule has 0 saturated heterocycles. The van der Waals surface area contributed by atoms with E-state index in [0.29, 0.717) is 5.75 Å². The van der Waals surface area contributed by atoms with E-state index in [1.165, 1.54) is 6.92 Å². The first-order valence-electron chi connectivity index (χ1n) is 6.73. The molecular formula is C15H21NO4. The minimum atomic E-state index is -1.37. The Balaban J connectivity index is 3.20. The number of rotatable bonds is 5. The quantitative estimate of drug-likeness (QED) is 0.358. The number of carbonyl (C=O) groups is 1. The highest BCUT2D eigenvalue weighted by atomic mass is 16.6. The van der Waals surface area contributed by atoms with Gasteiger partial charge in [0.1, 0.15) is 5.75 Å². The summed E-state index contributed by atoms with van der Waals surface area (Å²) < 4.78 is 5.34. The zero-order chi connectivity index (χ0) is 15.4. The van der Waals surface area contributed by atoms with E-state index in [0.717, 1.165) is 11.1 Å². The van der Waals surface area contributed by atoms with Crippen LogP contribution in [0.4, 0.5) is 0 Å². The second kappa shape index (κ2) is 6.50. The molecule has 0 spiro atoms. The molecule has 5 nitrogen and oxygen atoms in total. The number of esters is 1. The molecule has 0 aliphatic rings. The van der Waals surface area contributed by atoms with E-state index in [4.69, 9.17) is 4.74 Å². The lowest BCUT2D eigenvalue weighted by atomic mass is 9.94. The molecule has 0 radical (unpaired) electrons. The summed E-state index contributed by atoms with van der Waals surface area (Å²) in [4.78, 5) is 21.9. The lowest BCUT2D eigenvalue weighted by molar-refractivity contribution is -0.505. The van der Waals surface area contributed by atoms with Crippen molar-refractivity contribution >= 4 is 5.97 Å². The molecule has 1 aromatic rings. The highest BCUT2D eigenvalue weighted by molar-refractivity contribution is 5.77. The van der Waals surface area contributed by atoms with Gasteiger partial charge >= 0.3 is 12.0 Å². The van der Waals surface area contributed by atoms with E-state index in [9.17, 15) is 14.9 Å². The summed E-state index contributed by atoms with van der Waals surface area (Å²) in [7, 11) is 0. The summed E-state index contributed by atoms with van der Waals surface area (Å²) in [6.07, 6.45) is 0. The van der Waals surface area contributed by atoms with Crippen LogP contribution >= 0.6 is 0 Å². The van der Waals surface area contributed by atoms with Gasteiger partial charge in [-0.15, -0.1) is 0 Å². The van der Waals surface area contributed by atoms with Crippen molar-refractivity contribution in [1.82, 2.24) is 0 Å². The molecule has 0 amide bonds. The number of ether oxygens (including phenoxy) is 1. The molecule has 0 bridgehead atoms. The monoisotopic (exact) mass is 279 g/mol. The van der Waals surface area contributed by atoms with Crippen molar-refractivity contribution in [3.05, 3.63) is 39.4 Å². The van der Waals surface area contributed by atoms with Crippen LogP contribution in [-0.4, -0.2) is 16.9 Å². The van der Waals surface area contributed by atoms with Crippen molar-refractivity contribution in [3.8, 4) is 5.75 Å². The van der Waals surface area contributed by atoms with Crippen LogP contribution in [0.1, 0.15) is 57.6 Å². The Morgan fingerprint density at radius 2 is 1.55 bits per heavy atom. The zero-order valence-corrected chi connectivity index (χ0v) is 12.5. The second-order valence-corrected chi connectivity index (χ2v) is 5.46. The number of hydrogen-bond acceptors (Lipinski definition) is 4. The Hall–Kier alpha value is -1.91. The van der Waals surface area contributed by atoms with Crippen LogP contribution in [0.25, 0.3) is 0 Å². The fourth-order valence-corrected chi connectivity index (χ4v) is 1.87. The highest BCUT2D eigenvalue weighted by Crippen LogP contribution is 2.34. The number of nitrogens with zero attached hydrogens (tertiary/aromatic N) is 1. The van der Waals surface area contributed by atoms with Crippen LogP contribution in [0.3, 0.4) is 0 Å². The van der Waals surface area contributed by atoms with Gasteiger partial charge in [-0.2, -0.15) is 0 Å². The molecule has 0 heterocycles. The Bertz CT molecular complexity index is 482. The molecule has 0 fully saturated rings. The number of hydrogen-bond donors (Lipinski definition) is 0. The van der Waals surface area contributed by atoms with Crippen LogP contribution in [0.15, 0.2) is 18.2 Å². The molecule has 0 N–H and O–H groups in total. The summed E-state index contributed by atoms with van der Waals surface area (Å²) >= 11 is 0. The van der Waals surface area contributed by atoms with E-state index in [1.54, 1.807) is 0 Å². The maximum absolute atomic E-state index is 11.8. The Labute approximate surface area is 119 Å². The third-order valence-electron chi connectivity index (χ3n) is 3.18. The molecule has 1 unspecified atom stereocenters. The SMILES string of the molecule is CC(C)c1cccc(C(C)C)c1OC(=O)C(C)[N+](=O)[O-]. The van der Waals surface area contributed by atoms with Gasteiger partial charge in [-0.1, -0.05) is 45.9 Å². The zero-order valence-electron chi connectivity index (χ0n) is 12.5. The highest BCUT2D eigenvalue weighted by Gasteiger charge is 2.28. The number of nitro groups is 1. The van der Waals surface area contributed by atoms with Crippen molar-refractivity contribution in [2.45, 2.75) is 52.5 Å². The van der Waals surface area contributed by atoms with Gasteiger partial charge in [0, 0.05) is 11.8 Å². The Kier molecular flexibility index (Phi) is 5.25. The molecule has 0 aliphatic carbocycles. The molecule has 0 aromatic heterocycles. The Morgan fingerprint density at radius 1 is 1.10 bits per heavy atom. The summed E-state index contributed by atoms with van der Waals surface area (Å²) in [5.74, 6) is -0.0222. The first-order chi connectivity index (χ1) is 9.25. The molecule has 110 valence electrons. The van der Waals surface area contributed by atoms with Crippen LogP contribution in [0.2, 0.25) is 0 Å². The van der Waals surface area contributed by atoms with Crippen LogP contribution in [0, 0.1) is 10.1 Å². The smallest absolute Gasteiger partial charge is 0.386 e. The second-order valence-electron chi connectivity index (χ2n) is 5.46. The van der Waals surface area contributed by atoms with Gasteiger partial charge in [0.2, 0.25) is 0 Å². The van der Waals surface area contributed by atoms with Gasteiger partial charge in [-0.3, -0.25) is 10.1 Å². The van der Waals surface area contributed by atoms with Gasteiger partial charge in [0.05, 0.1) is 0 Å². The fraction of sp³-hybridized carbons (Fsp3) is 0.533. The largest absolute Gasteiger partial charge is 0.421 e. The topological polar surface area (TPSA) is 69.4 Å². The minimum Gasteiger partial charge on any atom is -0.421 e. The van der Waals surface area contributed by atoms with Gasteiger partial charge in [-0.25, -0.2) is 4.79 Å². The van der Waals surface area contributed by atoms with E-state index in [-0.39, 0.29) is 11.8 Å². The molecule has 5 heteroatoms. The predicted molar refractivity (Wildman–Crippen MR) is 76.7 cm³/mol. The third-order valence-corrected chi connectivity index (χ3v) is 3.18. The molecule has 0 saturated carbocycles. The first kappa shape index (κ1) is 16.1. The lowest BCUT2D eigenvalue weighted by Crippen LogP contribution is -2.30. The van der Waals surface area contributed by atoms with E-state index in [2.05, 4.69) is 0 Å². The normalized spacial score (nSPS) is 12.6. The van der Waals surface area contributed by atoms with Gasteiger partial charge in [0.25, 0.3) is 0 Å². The maximum atomic E-state index is 11.8. The van der Waals surface area contributed by atoms with Crippen molar-refractivity contribution < 1.29 is 14.5 Å². The Morgan fingerprint density at radius 3 is 1.90 bits per heavy atom. The summed E-state index contributed by atoms with van der Waals surface area (Å²) in [6.45, 7) is 9.21. The van der Waals surface area contributed by atoms with E-state index >= 15 is 0 Å². The molecule has 1 rings (SSSR count). The van der Waals surface area contributed by atoms with Gasteiger partial charge in [-0.05, 0) is 23.0 Å². The summed E-state index contributed by atoms with van der Waals surface area (Å²) in [5, 5.41) is 10.7. The lowest BCUT2D eigenvalue weighted by Gasteiger charge is -2.19. The van der Waals surface area contributed by atoms with E-state index in [1.807, 2.05) is 45.9 Å². The average molecular weight is 279 g/mol. The summed E-state index contributed by atoms with van der Waals surface area (Å²) in [5.41, 5.74) is 1.78. The first-order valence-corrected chi connectivity index (χ1v) is 6.73. The molecule has 1 atom stereocenters. The number of benzene rings is 1. The van der Waals surface area contributed by atoms with Crippen LogP contribution < -0.4 is 4.74 Å². The predicted octanol–water partition coefficient (Wildman–Crippen LogP) is 3.50. The fourth-order valence-electron chi connectivity index (χ4n) is 1.87. The average Bonchev–Trinajstić information content (AvgIpc) is 2.37. The molecule has 20 heavy (non-hydrogen) atoms. The van der Waals surface area contributed by atoms with E-state index < -0.39 is 16.9 Å². The van der Waals surface area contributed by atoms with Crippen LogP contribution in [0.5, 0.6) is 5.75 Å². The van der Waals surface area contributed by atoms with Gasteiger partial charge < -0.3 is 4.74 Å². The van der Waals surface area contributed by atoms with Crippen molar-refractivity contribution in [2.24, 2.45) is 0 Å². The number of para-hydroxylation sites is 1. The van der Waals surface area contributed by atoms with Crippen molar-refractivity contribution in [2.75, 3.05) is 0 Å². The summed E-state index contributed by atoms with van der Waals surface area (Å²) in [6, 6.07) is 4.32. The minimum absolute atomic E-state index is 0.169. The van der Waals surface area contributed by atoms with Crippen molar-refractivity contribution in [3.63, 3.8) is 0 Å². The standard InChI is InChI=1S/C15H21NO4/c1-9(2)12-7-6-8-13(10(3)4)14(12)20-15(17)11(5)16(18)19/h6-11H,1-5H3. The van der Waals surface area contributed by atoms with Crippen LogP contribution in [-0.2, 0) is 4.79 Å². The number of carbonyl (C=O) groups excluding carboxylic acids is 1. The molecular weight excluding hydrogens is 258 g/mol. The third kappa shape index (κ3) is 3.56. The van der Waals surface area contributed by atoms with Crippen molar-refractivity contribution in [1.29, 1.82) is 0 Å².